The molecule has 0 aliphatic heterocycles. The molecule has 0 saturated heterocycles. The van der Waals surface area contributed by atoms with Crippen molar-refractivity contribution in [3.8, 4) is 11.6 Å². The maximum atomic E-state index is 11.7. The van der Waals surface area contributed by atoms with Crippen LogP contribution in [0.4, 0.5) is 10.6 Å². The summed E-state index contributed by atoms with van der Waals surface area (Å²) in [6.07, 6.45) is 5.78. The van der Waals surface area contributed by atoms with Crippen LogP contribution in [0.1, 0.15) is 32.3 Å². The quantitative estimate of drug-likeness (QED) is 0.736. The first-order valence-electron chi connectivity index (χ1n) is 8.80. The molecule has 2 aromatic rings. The van der Waals surface area contributed by atoms with Crippen LogP contribution in [-0.2, 0) is 13.0 Å². The van der Waals surface area contributed by atoms with Crippen LogP contribution in [0.2, 0.25) is 0 Å². The second kappa shape index (κ2) is 7.33. The topological polar surface area (TPSA) is 101 Å². The van der Waals surface area contributed by atoms with Gasteiger partial charge in [0.05, 0.1) is 11.8 Å². The fourth-order valence-electron chi connectivity index (χ4n) is 3.36. The standard InChI is InChI=1S/C18H25N5O3/c1-4-23-15(5-6-21-23)26-14-8-12(7-13-9-18(2,25)10-13)11-20-16(14)22-17(24)19-3/h5-6,8,11,13,25H,4,7,9-10H2,1-3H3,(H2,19,20,22,24). The number of ether oxygens (including phenoxy) is 1. The summed E-state index contributed by atoms with van der Waals surface area (Å²) < 4.78 is 7.70. The highest BCUT2D eigenvalue weighted by atomic mass is 16.5. The molecule has 1 aliphatic carbocycles. The van der Waals surface area contributed by atoms with Gasteiger partial charge < -0.3 is 15.2 Å². The summed E-state index contributed by atoms with van der Waals surface area (Å²) in [6, 6.07) is 3.29. The lowest BCUT2D eigenvalue weighted by Gasteiger charge is -2.41. The molecule has 1 aliphatic rings. The number of hydrogen-bond acceptors (Lipinski definition) is 5. The number of rotatable bonds is 6. The molecule has 0 aromatic carbocycles. The summed E-state index contributed by atoms with van der Waals surface area (Å²) in [5, 5.41) is 19.3. The van der Waals surface area contributed by atoms with Crippen LogP contribution in [0.15, 0.2) is 24.5 Å². The van der Waals surface area contributed by atoms with E-state index < -0.39 is 5.60 Å². The lowest BCUT2D eigenvalue weighted by molar-refractivity contribution is -0.0565. The third-order valence-corrected chi connectivity index (χ3v) is 4.54. The van der Waals surface area contributed by atoms with Gasteiger partial charge >= 0.3 is 6.03 Å². The number of amides is 2. The van der Waals surface area contributed by atoms with E-state index in [4.69, 9.17) is 4.74 Å². The molecule has 26 heavy (non-hydrogen) atoms. The van der Waals surface area contributed by atoms with Crippen molar-refractivity contribution in [2.24, 2.45) is 5.92 Å². The molecule has 0 radical (unpaired) electrons. The molecule has 2 aromatic heterocycles. The Morgan fingerprint density at radius 2 is 2.27 bits per heavy atom. The van der Waals surface area contributed by atoms with Gasteiger partial charge in [-0.3, -0.25) is 5.32 Å². The Balaban J connectivity index is 1.82. The average molecular weight is 359 g/mol. The number of nitrogens with zero attached hydrogens (tertiary/aromatic N) is 3. The Morgan fingerprint density at radius 1 is 1.50 bits per heavy atom. The SMILES string of the molecule is CCn1nccc1Oc1cc(CC2CC(C)(O)C2)cnc1NC(=O)NC. The van der Waals surface area contributed by atoms with Crippen LogP contribution in [0, 0.1) is 5.92 Å². The van der Waals surface area contributed by atoms with Gasteiger partial charge in [-0.1, -0.05) is 0 Å². The minimum atomic E-state index is -0.550. The lowest BCUT2D eigenvalue weighted by Crippen LogP contribution is -2.41. The van der Waals surface area contributed by atoms with Gasteiger partial charge in [0.15, 0.2) is 11.6 Å². The molecule has 8 heteroatoms. The predicted octanol–water partition coefficient (Wildman–Crippen LogP) is 2.55. The van der Waals surface area contributed by atoms with E-state index in [2.05, 4.69) is 20.7 Å². The molecule has 0 atom stereocenters. The van der Waals surface area contributed by atoms with E-state index in [1.165, 1.54) is 0 Å². The van der Waals surface area contributed by atoms with E-state index in [1.807, 2.05) is 19.9 Å². The molecule has 1 saturated carbocycles. The smallest absolute Gasteiger partial charge is 0.320 e. The van der Waals surface area contributed by atoms with E-state index in [0.29, 0.717) is 29.9 Å². The third kappa shape index (κ3) is 4.13. The zero-order chi connectivity index (χ0) is 18.7. The molecule has 8 nitrogen and oxygen atoms in total. The van der Waals surface area contributed by atoms with Gasteiger partial charge in [0, 0.05) is 25.9 Å². The zero-order valence-corrected chi connectivity index (χ0v) is 15.3. The van der Waals surface area contributed by atoms with Crippen molar-refractivity contribution < 1.29 is 14.6 Å². The highest BCUT2D eigenvalue weighted by molar-refractivity contribution is 5.89. The highest BCUT2D eigenvalue weighted by Crippen LogP contribution is 2.40. The fraction of sp³-hybridized carbons (Fsp3) is 0.500. The van der Waals surface area contributed by atoms with Crippen molar-refractivity contribution in [3.63, 3.8) is 0 Å². The molecule has 0 bridgehead atoms. The number of pyridine rings is 1. The Bertz CT molecular complexity index is 779. The maximum Gasteiger partial charge on any atom is 0.320 e. The van der Waals surface area contributed by atoms with Crippen LogP contribution in [0.3, 0.4) is 0 Å². The van der Waals surface area contributed by atoms with Gasteiger partial charge in [-0.2, -0.15) is 5.10 Å². The molecule has 2 heterocycles. The van der Waals surface area contributed by atoms with Crippen molar-refractivity contribution in [1.29, 1.82) is 0 Å². The van der Waals surface area contributed by atoms with E-state index in [0.717, 1.165) is 24.8 Å². The number of aliphatic hydroxyl groups is 1. The van der Waals surface area contributed by atoms with Crippen molar-refractivity contribution in [2.45, 2.75) is 45.3 Å². The number of aryl methyl sites for hydroxylation is 1. The molecule has 3 rings (SSSR count). The van der Waals surface area contributed by atoms with Gasteiger partial charge in [0.2, 0.25) is 5.88 Å². The monoisotopic (exact) mass is 359 g/mol. The third-order valence-electron chi connectivity index (χ3n) is 4.54. The molecule has 0 spiro atoms. The van der Waals surface area contributed by atoms with Crippen LogP contribution in [0.5, 0.6) is 11.6 Å². The van der Waals surface area contributed by atoms with Crippen molar-refractivity contribution in [2.75, 3.05) is 12.4 Å². The maximum absolute atomic E-state index is 11.7. The first-order chi connectivity index (χ1) is 12.4. The first kappa shape index (κ1) is 18.2. The highest BCUT2D eigenvalue weighted by Gasteiger charge is 2.38. The Morgan fingerprint density at radius 3 is 2.92 bits per heavy atom. The van der Waals surface area contributed by atoms with Gasteiger partial charge in [-0.25, -0.2) is 14.5 Å². The summed E-state index contributed by atoms with van der Waals surface area (Å²) in [4.78, 5) is 16.0. The summed E-state index contributed by atoms with van der Waals surface area (Å²) in [6.45, 7) is 4.50. The number of carbonyl (C=O) groups is 1. The number of anilines is 1. The number of aromatic nitrogens is 3. The van der Waals surface area contributed by atoms with Crippen molar-refractivity contribution in [1.82, 2.24) is 20.1 Å². The first-order valence-corrected chi connectivity index (χ1v) is 8.80. The summed E-state index contributed by atoms with van der Waals surface area (Å²) in [5.41, 5.74) is 0.455. The Hall–Kier alpha value is -2.61. The van der Waals surface area contributed by atoms with Crippen LogP contribution >= 0.6 is 0 Å². The van der Waals surface area contributed by atoms with E-state index in [9.17, 15) is 9.90 Å². The molecular formula is C18H25N5O3. The molecule has 2 amide bonds. The molecule has 1 fully saturated rings. The second-order valence-electron chi connectivity index (χ2n) is 6.96. The molecule has 3 N–H and O–H groups in total. The number of carbonyl (C=O) groups excluding carboxylic acids is 1. The second-order valence-corrected chi connectivity index (χ2v) is 6.96. The molecule has 0 unspecified atom stereocenters. The lowest BCUT2D eigenvalue weighted by atomic mass is 9.70. The molecular weight excluding hydrogens is 334 g/mol. The van der Waals surface area contributed by atoms with Crippen LogP contribution in [-0.4, -0.2) is 38.6 Å². The van der Waals surface area contributed by atoms with Crippen molar-refractivity contribution >= 4 is 11.8 Å². The van der Waals surface area contributed by atoms with Gasteiger partial charge in [0.1, 0.15) is 0 Å². The molecule has 140 valence electrons. The van der Waals surface area contributed by atoms with E-state index in [1.54, 1.807) is 30.2 Å². The largest absolute Gasteiger partial charge is 0.435 e. The Labute approximate surface area is 152 Å². The van der Waals surface area contributed by atoms with Crippen molar-refractivity contribution in [3.05, 3.63) is 30.1 Å². The zero-order valence-electron chi connectivity index (χ0n) is 15.3. The average Bonchev–Trinajstić information content (AvgIpc) is 3.02. The van der Waals surface area contributed by atoms with E-state index in [-0.39, 0.29) is 6.03 Å². The minimum Gasteiger partial charge on any atom is -0.435 e. The van der Waals surface area contributed by atoms with Crippen LogP contribution < -0.4 is 15.4 Å². The normalized spacial score (nSPS) is 21.8. The van der Waals surface area contributed by atoms with Gasteiger partial charge in [-0.15, -0.1) is 0 Å². The summed E-state index contributed by atoms with van der Waals surface area (Å²) in [7, 11) is 1.54. The minimum absolute atomic E-state index is 0.345. The van der Waals surface area contributed by atoms with E-state index >= 15 is 0 Å². The fourth-order valence-corrected chi connectivity index (χ4v) is 3.36. The van der Waals surface area contributed by atoms with Crippen LogP contribution in [0.25, 0.3) is 0 Å². The Kier molecular flexibility index (Phi) is 5.13. The number of nitrogens with one attached hydrogen (secondary N) is 2. The number of urea groups is 1. The predicted molar refractivity (Wildman–Crippen MR) is 97.3 cm³/mol. The van der Waals surface area contributed by atoms with Gasteiger partial charge in [0.25, 0.3) is 0 Å². The summed E-state index contributed by atoms with van der Waals surface area (Å²) >= 11 is 0. The number of hydrogen-bond donors (Lipinski definition) is 3. The summed E-state index contributed by atoms with van der Waals surface area (Å²) in [5.74, 6) is 1.82. The van der Waals surface area contributed by atoms with Gasteiger partial charge in [-0.05, 0) is 50.7 Å².